The van der Waals surface area contributed by atoms with Crippen molar-refractivity contribution in [1.82, 2.24) is 30.2 Å². The Labute approximate surface area is 180 Å². The van der Waals surface area contributed by atoms with E-state index in [4.69, 9.17) is 0 Å². The highest BCUT2D eigenvalue weighted by molar-refractivity contribution is 7.99. The van der Waals surface area contributed by atoms with E-state index in [1.54, 1.807) is 0 Å². The van der Waals surface area contributed by atoms with Crippen LogP contribution < -0.4 is 10.2 Å². The highest BCUT2D eigenvalue weighted by Gasteiger charge is 2.63. The van der Waals surface area contributed by atoms with Crippen molar-refractivity contribution >= 4 is 29.0 Å². The predicted molar refractivity (Wildman–Crippen MR) is 109 cm³/mol. The fraction of sp³-hybridized carbons (Fsp3) is 0.500. The van der Waals surface area contributed by atoms with E-state index in [0.717, 1.165) is 50.1 Å². The molecule has 6 rings (SSSR count). The molecule has 3 aromatic rings. The van der Waals surface area contributed by atoms with Gasteiger partial charge in [-0.15, -0.1) is 0 Å². The lowest BCUT2D eigenvalue weighted by atomic mass is 9.71. The number of rotatable bonds is 3. The van der Waals surface area contributed by atoms with Crippen LogP contribution in [0.3, 0.4) is 0 Å². The summed E-state index contributed by atoms with van der Waals surface area (Å²) < 4.78 is 39.7. The molecule has 2 unspecified atom stereocenters. The van der Waals surface area contributed by atoms with Crippen LogP contribution in [-0.4, -0.2) is 51.1 Å². The SMILES string of the molecule is FC(F)(F)c1ncccc1Sc1cnc2nc(N3CC45CCCC4(CNC5)C3)[nH]c2n1. The summed E-state index contributed by atoms with van der Waals surface area (Å²) in [5, 5.41) is 3.94. The van der Waals surface area contributed by atoms with Crippen LogP contribution in [0.1, 0.15) is 25.0 Å². The van der Waals surface area contributed by atoms with Crippen LogP contribution in [0.4, 0.5) is 19.1 Å². The Morgan fingerprint density at radius 1 is 1.06 bits per heavy atom. The van der Waals surface area contributed by atoms with Crippen molar-refractivity contribution < 1.29 is 13.2 Å². The molecule has 11 heteroatoms. The average Bonchev–Trinajstić information content (AvgIpc) is 3.41. The molecule has 2 N–H and O–H groups in total. The minimum absolute atomic E-state index is 0.00529. The maximum absolute atomic E-state index is 13.2. The summed E-state index contributed by atoms with van der Waals surface area (Å²) in [4.78, 5) is 22.5. The second-order valence-corrected chi connectivity index (χ2v) is 9.83. The standard InChI is InChI=1S/C20H20F3N7S/c21-20(22,23)14-12(3-1-6-25-14)31-13-7-26-15-16(27-13)29-17(28-15)30-10-18-4-2-5-19(18,11-30)9-24-8-18/h1,3,6-7,24H,2,4-5,8-11H2,(H,26,27,28,29). The summed E-state index contributed by atoms with van der Waals surface area (Å²) in [6.07, 6.45) is 1.83. The first kappa shape index (κ1) is 19.3. The van der Waals surface area contributed by atoms with E-state index in [0.29, 0.717) is 27.2 Å². The molecule has 1 aliphatic carbocycles. The lowest BCUT2D eigenvalue weighted by molar-refractivity contribution is -0.143. The largest absolute Gasteiger partial charge is 0.434 e. The van der Waals surface area contributed by atoms with Crippen molar-refractivity contribution in [2.45, 2.75) is 35.4 Å². The monoisotopic (exact) mass is 447 g/mol. The van der Waals surface area contributed by atoms with Gasteiger partial charge in [0.05, 0.1) is 6.20 Å². The van der Waals surface area contributed by atoms with Crippen molar-refractivity contribution in [3.63, 3.8) is 0 Å². The van der Waals surface area contributed by atoms with Gasteiger partial charge in [0.15, 0.2) is 17.0 Å². The van der Waals surface area contributed by atoms with E-state index in [1.807, 2.05) is 0 Å². The molecule has 0 radical (unpaired) electrons. The van der Waals surface area contributed by atoms with E-state index in [-0.39, 0.29) is 4.90 Å². The molecule has 1 saturated carbocycles. The molecule has 5 heterocycles. The van der Waals surface area contributed by atoms with Gasteiger partial charge in [-0.1, -0.05) is 18.2 Å². The van der Waals surface area contributed by atoms with Gasteiger partial charge >= 0.3 is 6.18 Å². The number of anilines is 1. The Bertz CT molecular complexity index is 1130. The number of pyridine rings is 1. The maximum Gasteiger partial charge on any atom is 0.434 e. The number of hydrogen-bond donors (Lipinski definition) is 2. The van der Waals surface area contributed by atoms with Crippen molar-refractivity contribution in [2.75, 3.05) is 31.1 Å². The van der Waals surface area contributed by atoms with Gasteiger partial charge in [-0.05, 0) is 25.0 Å². The predicted octanol–water partition coefficient (Wildman–Crippen LogP) is 3.50. The molecule has 7 nitrogen and oxygen atoms in total. The Kier molecular flexibility index (Phi) is 4.08. The van der Waals surface area contributed by atoms with Crippen LogP contribution in [0.2, 0.25) is 0 Å². The van der Waals surface area contributed by atoms with E-state index >= 15 is 0 Å². The summed E-state index contributed by atoms with van der Waals surface area (Å²) in [5.41, 5.74) is 0.642. The highest BCUT2D eigenvalue weighted by Crippen LogP contribution is 2.60. The molecule has 0 bridgehead atoms. The minimum atomic E-state index is -4.53. The lowest BCUT2D eigenvalue weighted by Crippen LogP contribution is -2.34. The van der Waals surface area contributed by atoms with Crippen LogP contribution >= 0.6 is 11.8 Å². The second-order valence-electron chi connectivity index (χ2n) is 8.76. The number of hydrogen-bond acceptors (Lipinski definition) is 7. The van der Waals surface area contributed by atoms with Gasteiger partial charge in [0.1, 0.15) is 5.03 Å². The first-order valence-electron chi connectivity index (χ1n) is 10.3. The quantitative estimate of drug-likeness (QED) is 0.636. The number of imidazole rings is 1. The number of nitrogens with zero attached hydrogens (tertiary/aromatic N) is 5. The molecule has 3 aliphatic rings. The number of fused-ring (bicyclic) bond motifs is 1. The van der Waals surface area contributed by atoms with Crippen LogP contribution in [0.5, 0.6) is 0 Å². The normalized spacial score (nSPS) is 27.8. The van der Waals surface area contributed by atoms with Crippen LogP contribution in [0.25, 0.3) is 11.3 Å². The van der Waals surface area contributed by atoms with Gasteiger partial charge in [0.2, 0.25) is 5.95 Å². The van der Waals surface area contributed by atoms with Crippen LogP contribution in [0.15, 0.2) is 34.4 Å². The summed E-state index contributed by atoms with van der Waals surface area (Å²) in [5.74, 6) is 0.740. The average molecular weight is 447 g/mol. The van der Waals surface area contributed by atoms with Gasteiger partial charge in [0.25, 0.3) is 0 Å². The summed E-state index contributed by atoms with van der Waals surface area (Å²) in [7, 11) is 0. The van der Waals surface area contributed by atoms with Crippen LogP contribution in [-0.2, 0) is 6.18 Å². The molecule has 0 amide bonds. The first-order chi connectivity index (χ1) is 14.9. The number of aromatic amines is 1. The highest BCUT2D eigenvalue weighted by atomic mass is 32.2. The lowest BCUT2D eigenvalue weighted by Gasteiger charge is -2.30. The third-order valence-electron chi connectivity index (χ3n) is 7.08. The van der Waals surface area contributed by atoms with E-state index in [2.05, 4.69) is 35.1 Å². The third kappa shape index (κ3) is 2.93. The van der Waals surface area contributed by atoms with Crippen molar-refractivity contribution in [3.05, 3.63) is 30.2 Å². The molecule has 2 atom stereocenters. The summed E-state index contributed by atoms with van der Waals surface area (Å²) in [6.45, 7) is 4.00. The van der Waals surface area contributed by atoms with E-state index in [1.165, 1.54) is 37.6 Å². The van der Waals surface area contributed by atoms with Gasteiger partial charge in [-0.3, -0.25) is 4.98 Å². The fourth-order valence-electron chi connectivity index (χ4n) is 5.69. The molecule has 31 heavy (non-hydrogen) atoms. The molecule has 3 aromatic heterocycles. The molecule has 3 fully saturated rings. The Hall–Kier alpha value is -2.40. The number of H-pyrrole nitrogens is 1. The molecular weight excluding hydrogens is 427 g/mol. The smallest absolute Gasteiger partial charge is 0.341 e. The summed E-state index contributed by atoms with van der Waals surface area (Å²) >= 11 is 0.897. The van der Waals surface area contributed by atoms with Crippen LogP contribution in [0, 0.1) is 10.8 Å². The van der Waals surface area contributed by atoms with Crippen molar-refractivity contribution in [3.8, 4) is 0 Å². The second kappa shape index (κ2) is 6.55. The Morgan fingerprint density at radius 3 is 2.58 bits per heavy atom. The topological polar surface area (TPSA) is 82.6 Å². The fourth-order valence-corrected chi connectivity index (χ4v) is 6.57. The Morgan fingerprint density at radius 2 is 1.84 bits per heavy atom. The van der Waals surface area contributed by atoms with Crippen molar-refractivity contribution in [1.29, 1.82) is 0 Å². The number of nitrogens with one attached hydrogen (secondary N) is 2. The number of halogens is 3. The van der Waals surface area contributed by atoms with Gasteiger partial charge in [-0.2, -0.15) is 18.2 Å². The number of aromatic nitrogens is 5. The molecule has 2 saturated heterocycles. The zero-order chi connectivity index (χ0) is 21.3. The molecule has 0 aromatic carbocycles. The van der Waals surface area contributed by atoms with E-state index in [9.17, 15) is 13.2 Å². The summed E-state index contributed by atoms with van der Waals surface area (Å²) in [6, 6.07) is 2.87. The zero-order valence-corrected chi connectivity index (χ0v) is 17.4. The van der Waals surface area contributed by atoms with Gasteiger partial charge in [-0.25, -0.2) is 9.97 Å². The Balaban J connectivity index is 1.28. The minimum Gasteiger partial charge on any atom is -0.341 e. The first-order valence-corrected chi connectivity index (χ1v) is 11.1. The van der Waals surface area contributed by atoms with Gasteiger partial charge in [0, 0.05) is 48.1 Å². The van der Waals surface area contributed by atoms with Crippen molar-refractivity contribution in [2.24, 2.45) is 10.8 Å². The molecule has 162 valence electrons. The van der Waals surface area contributed by atoms with Gasteiger partial charge < -0.3 is 15.2 Å². The molecule has 2 aliphatic heterocycles. The molecular formula is C20H20F3N7S. The number of alkyl halides is 3. The maximum atomic E-state index is 13.2. The van der Waals surface area contributed by atoms with E-state index < -0.39 is 11.9 Å². The zero-order valence-electron chi connectivity index (χ0n) is 16.5. The molecule has 0 spiro atoms. The third-order valence-corrected chi connectivity index (χ3v) is 8.03.